The van der Waals surface area contributed by atoms with Crippen molar-refractivity contribution in [2.24, 2.45) is 5.92 Å². The number of hydrogen-bond acceptors (Lipinski definition) is 4. The number of aromatic nitrogens is 1. The molecule has 2 saturated heterocycles. The summed E-state index contributed by atoms with van der Waals surface area (Å²) in [5.74, 6) is 0.670. The molecule has 2 bridgehead atoms. The van der Waals surface area contributed by atoms with Crippen molar-refractivity contribution in [2.45, 2.75) is 18.9 Å². The number of rotatable bonds is 2. The molecule has 2 aliphatic heterocycles. The van der Waals surface area contributed by atoms with Crippen molar-refractivity contribution >= 4 is 28.8 Å². The van der Waals surface area contributed by atoms with E-state index in [4.69, 9.17) is 11.6 Å². The lowest BCUT2D eigenvalue weighted by molar-refractivity contribution is 0.0909. The van der Waals surface area contributed by atoms with Crippen LogP contribution in [0.4, 0.5) is 0 Å². The molecule has 0 aliphatic carbocycles. The number of hydrogen-bond donors (Lipinski definition) is 1. The molecule has 0 aromatic carbocycles. The molecular formula is C11H14ClN3OS. The third kappa shape index (κ3) is 2.46. The summed E-state index contributed by atoms with van der Waals surface area (Å²) in [6.07, 6.45) is 3.89. The third-order valence-corrected chi connectivity index (χ3v) is 4.59. The first-order valence-corrected chi connectivity index (χ1v) is 7.04. The topological polar surface area (TPSA) is 45.2 Å². The van der Waals surface area contributed by atoms with Crippen LogP contribution in [0.15, 0.2) is 6.20 Å². The molecule has 3 atom stereocenters. The normalized spacial score (nSPS) is 31.5. The number of halogens is 1. The van der Waals surface area contributed by atoms with Crippen molar-refractivity contribution in [3.05, 3.63) is 15.5 Å². The molecule has 2 fully saturated rings. The number of thiazole rings is 1. The molecule has 1 aromatic heterocycles. The molecule has 17 heavy (non-hydrogen) atoms. The van der Waals surface area contributed by atoms with Gasteiger partial charge < -0.3 is 10.2 Å². The van der Waals surface area contributed by atoms with Gasteiger partial charge in [0.05, 0.1) is 6.20 Å². The molecule has 92 valence electrons. The van der Waals surface area contributed by atoms with Gasteiger partial charge in [-0.1, -0.05) is 22.9 Å². The minimum atomic E-state index is -0.0885. The summed E-state index contributed by atoms with van der Waals surface area (Å²) >= 11 is 7.00. The van der Waals surface area contributed by atoms with Crippen LogP contribution in [0, 0.1) is 5.92 Å². The molecule has 0 saturated carbocycles. The Labute approximate surface area is 109 Å². The van der Waals surface area contributed by atoms with E-state index < -0.39 is 0 Å². The van der Waals surface area contributed by atoms with E-state index in [0.29, 0.717) is 9.34 Å². The van der Waals surface area contributed by atoms with E-state index in [-0.39, 0.29) is 11.9 Å². The fourth-order valence-electron chi connectivity index (χ4n) is 2.77. The molecule has 3 rings (SSSR count). The van der Waals surface area contributed by atoms with Crippen molar-refractivity contribution < 1.29 is 4.79 Å². The first-order chi connectivity index (χ1) is 8.20. The fraction of sp³-hybridized carbons (Fsp3) is 0.636. The smallest absolute Gasteiger partial charge is 0.280 e. The van der Waals surface area contributed by atoms with Gasteiger partial charge in [0.15, 0.2) is 5.01 Å². The number of amides is 1. The van der Waals surface area contributed by atoms with Crippen LogP contribution >= 0.6 is 22.9 Å². The lowest BCUT2D eigenvalue weighted by atomic mass is 9.97. The van der Waals surface area contributed by atoms with Crippen molar-refractivity contribution in [2.75, 3.05) is 19.6 Å². The molecule has 3 heterocycles. The van der Waals surface area contributed by atoms with Crippen LogP contribution < -0.4 is 5.32 Å². The Morgan fingerprint density at radius 2 is 2.47 bits per heavy atom. The number of nitrogens with zero attached hydrogens (tertiary/aromatic N) is 2. The van der Waals surface area contributed by atoms with E-state index in [1.165, 1.54) is 37.0 Å². The van der Waals surface area contributed by atoms with E-state index in [0.717, 1.165) is 18.9 Å². The van der Waals surface area contributed by atoms with E-state index in [2.05, 4.69) is 15.2 Å². The Hall–Kier alpha value is -0.650. The summed E-state index contributed by atoms with van der Waals surface area (Å²) in [5.41, 5.74) is 0. The summed E-state index contributed by atoms with van der Waals surface area (Å²) < 4.78 is 0.558. The SMILES string of the molecule is O=C(N[C@H]1C[C@H]2CCN(C2)C1)c1ncc(Cl)s1. The summed E-state index contributed by atoms with van der Waals surface area (Å²) in [6.45, 7) is 3.36. The van der Waals surface area contributed by atoms with Crippen molar-refractivity contribution in [3.63, 3.8) is 0 Å². The predicted molar refractivity (Wildman–Crippen MR) is 67.5 cm³/mol. The molecule has 4 nitrogen and oxygen atoms in total. The highest BCUT2D eigenvalue weighted by atomic mass is 35.5. The minimum Gasteiger partial charge on any atom is -0.346 e. The highest BCUT2D eigenvalue weighted by Gasteiger charge is 2.33. The Bertz CT molecular complexity index is 424. The number of carbonyl (C=O) groups excluding carboxylic acids is 1. The molecule has 1 N–H and O–H groups in total. The largest absolute Gasteiger partial charge is 0.346 e. The van der Waals surface area contributed by atoms with Crippen LogP contribution in [0.1, 0.15) is 22.6 Å². The highest BCUT2D eigenvalue weighted by Crippen LogP contribution is 2.27. The standard InChI is InChI=1S/C11H14ClN3OS/c12-9-4-13-11(17-9)10(16)14-8-3-7-1-2-15(5-7)6-8/h4,7-8H,1-3,5-6H2,(H,14,16)/t7-,8+/m1/s1. The molecule has 1 aromatic rings. The second-order valence-electron chi connectivity index (χ2n) is 4.79. The highest BCUT2D eigenvalue weighted by molar-refractivity contribution is 7.17. The number of nitrogens with one attached hydrogen (secondary N) is 1. The zero-order valence-electron chi connectivity index (χ0n) is 9.36. The summed E-state index contributed by atoms with van der Waals surface area (Å²) in [4.78, 5) is 18.3. The van der Waals surface area contributed by atoms with E-state index in [1.54, 1.807) is 0 Å². The van der Waals surface area contributed by atoms with Crippen molar-refractivity contribution in [1.82, 2.24) is 15.2 Å². The average molecular weight is 272 g/mol. The van der Waals surface area contributed by atoms with Crippen LogP contribution in [-0.2, 0) is 0 Å². The first-order valence-electron chi connectivity index (χ1n) is 5.85. The van der Waals surface area contributed by atoms with Gasteiger partial charge in [0.1, 0.15) is 4.34 Å². The molecule has 2 aliphatic rings. The minimum absolute atomic E-state index is 0.0885. The van der Waals surface area contributed by atoms with Crippen molar-refractivity contribution in [3.8, 4) is 0 Å². The van der Waals surface area contributed by atoms with Crippen LogP contribution in [0.5, 0.6) is 0 Å². The molecule has 0 radical (unpaired) electrons. The molecular weight excluding hydrogens is 258 g/mol. The Balaban J connectivity index is 1.62. The zero-order valence-corrected chi connectivity index (χ0v) is 10.9. The summed E-state index contributed by atoms with van der Waals surface area (Å²) in [5, 5.41) is 3.52. The van der Waals surface area contributed by atoms with E-state index in [1.807, 2.05) is 0 Å². The Morgan fingerprint density at radius 1 is 1.59 bits per heavy atom. The maximum Gasteiger partial charge on any atom is 0.280 e. The lowest BCUT2D eigenvalue weighted by Crippen LogP contribution is -2.46. The maximum atomic E-state index is 11.9. The van der Waals surface area contributed by atoms with Gasteiger partial charge in [-0.05, 0) is 25.3 Å². The van der Waals surface area contributed by atoms with Gasteiger partial charge >= 0.3 is 0 Å². The summed E-state index contributed by atoms with van der Waals surface area (Å²) in [7, 11) is 0. The second-order valence-corrected chi connectivity index (χ2v) is 6.45. The quantitative estimate of drug-likeness (QED) is 0.889. The van der Waals surface area contributed by atoms with Crippen LogP contribution in [0.2, 0.25) is 4.34 Å². The molecule has 1 amide bonds. The first kappa shape index (κ1) is 11.4. The second kappa shape index (κ2) is 4.55. The van der Waals surface area contributed by atoms with Gasteiger partial charge in [-0.2, -0.15) is 0 Å². The van der Waals surface area contributed by atoms with Crippen molar-refractivity contribution in [1.29, 1.82) is 0 Å². The van der Waals surface area contributed by atoms with Gasteiger partial charge in [0, 0.05) is 19.1 Å². The van der Waals surface area contributed by atoms with Gasteiger partial charge in [0.25, 0.3) is 5.91 Å². The molecule has 0 spiro atoms. The maximum absolute atomic E-state index is 11.9. The van der Waals surface area contributed by atoms with E-state index >= 15 is 0 Å². The predicted octanol–water partition coefficient (Wildman–Crippen LogP) is 1.62. The lowest BCUT2D eigenvalue weighted by Gasteiger charge is -2.30. The zero-order chi connectivity index (χ0) is 11.8. The molecule has 6 heteroatoms. The molecule has 1 unspecified atom stereocenters. The number of carbonyl (C=O) groups is 1. The monoisotopic (exact) mass is 271 g/mol. The van der Waals surface area contributed by atoms with Gasteiger partial charge in [-0.25, -0.2) is 4.98 Å². The van der Waals surface area contributed by atoms with E-state index in [9.17, 15) is 4.79 Å². The third-order valence-electron chi connectivity index (χ3n) is 3.47. The Kier molecular flexibility index (Phi) is 3.06. The van der Waals surface area contributed by atoms with Crippen LogP contribution in [-0.4, -0.2) is 41.5 Å². The van der Waals surface area contributed by atoms with Gasteiger partial charge in [0.2, 0.25) is 0 Å². The Morgan fingerprint density at radius 3 is 3.18 bits per heavy atom. The summed E-state index contributed by atoms with van der Waals surface area (Å²) in [6, 6.07) is 0.270. The average Bonchev–Trinajstić information content (AvgIpc) is 2.85. The fourth-order valence-corrected chi connectivity index (χ4v) is 3.59. The van der Waals surface area contributed by atoms with Crippen LogP contribution in [0.25, 0.3) is 0 Å². The van der Waals surface area contributed by atoms with Gasteiger partial charge in [-0.3, -0.25) is 4.79 Å². The van der Waals surface area contributed by atoms with Gasteiger partial charge in [-0.15, -0.1) is 0 Å². The number of piperidine rings is 1. The van der Waals surface area contributed by atoms with Crippen LogP contribution in [0.3, 0.4) is 0 Å². The number of fused-ring (bicyclic) bond motifs is 2.